The van der Waals surface area contributed by atoms with Gasteiger partial charge in [0.2, 0.25) is 5.95 Å². The van der Waals surface area contributed by atoms with Gasteiger partial charge in [-0.05, 0) is 37.5 Å². The standard InChI is InChI=1S/C24H24N8O/c1-15-12-32-23(26-15)10-20(27-24(32)28-22-9-21(29-30-22)17-6-7-17)18-11-25-31(14-18)13-16-4-3-5-19(8-16)33-2/h3-5,8-12,14,17H,6-7,13H2,1-2H3,(H2,27,28,29,30). The van der Waals surface area contributed by atoms with E-state index < -0.39 is 0 Å². The summed E-state index contributed by atoms with van der Waals surface area (Å²) in [4.78, 5) is 9.53. The van der Waals surface area contributed by atoms with Gasteiger partial charge in [0.1, 0.15) is 11.4 Å². The molecule has 0 saturated heterocycles. The van der Waals surface area contributed by atoms with E-state index in [1.165, 1.54) is 18.5 Å². The Bertz CT molecular complexity index is 1440. The number of nitrogens with zero attached hydrogens (tertiary/aromatic N) is 6. The van der Waals surface area contributed by atoms with E-state index in [2.05, 4.69) is 37.7 Å². The highest BCUT2D eigenvalue weighted by atomic mass is 16.5. The molecule has 2 N–H and O–H groups in total. The number of hydrogen-bond acceptors (Lipinski definition) is 6. The topological polar surface area (TPSA) is 98.0 Å². The molecule has 0 bridgehead atoms. The molecule has 9 nitrogen and oxygen atoms in total. The third kappa shape index (κ3) is 3.93. The van der Waals surface area contributed by atoms with Crippen LogP contribution in [0.2, 0.25) is 0 Å². The van der Waals surface area contributed by atoms with Gasteiger partial charge in [-0.25, -0.2) is 9.97 Å². The van der Waals surface area contributed by atoms with Gasteiger partial charge in [0.05, 0.1) is 31.2 Å². The van der Waals surface area contributed by atoms with Crippen molar-refractivity contribution in [1.82, 2.24) is 34.3 Å². The van der Waals surface area contributed by atoms with Crippen molar-refractivity contribution in [1.29, 1.82) is 0 Å². The van der Waals surface area contributed by atoms with E-state index in [0.717, 1.165) is 39.7 Å². The van der Waals surface area contributed by atoms with Crippen LogP contribution in [0, 0.1) is 6.92 Å². The molecule has 33 heavy (non-hydrogen) atoms. The molecule has 1 aliphatic rings. The van der Waals surface area contributed by atoms with Crippen LogP contribution in [0.1, 0.15) is 35.7 Å². The van der Waals surface area contributed by atoms with Gasteiger partial charge >= 0.3 is 0 Å². The lowest BCUT2D eigenvalue weighted by Crippen LogP contribution is -2.03. The molecular formula is C24H24N8O. The average Bonchev–Trinajstić information content (AvgIpc) is 3.19. The Morgan fingerprint density at radius 3 is 2.91 bits per heavy atom. The van der Waals surface area contributed by atoms with Crippen LogP contribution in [0.3, 0.4) is 0 Å². The van der Waals surface area contributed by atoms with Gasteiger partial charge in [-0.2, -0.15) is 10.2 Å². The Hall–Kier alpha value is -4.14. The third-order valence-corrected chi connectivity index (χ3v) is 5.84. The zero-order chi connectivity index (χ0) is 22.4. The summed E-state index contributed by atoms with van der Waals surface area (Å²) in [5, 5.41) is 15.5. The maximum Gasteiger partial charge on any atom is 0.215 e. The molecule has 5 aromatic rings. The molecule has 1 fully saturated rings. The highest BCUT2D eigenvalue weighted by Crippen LogP contribution is 2.39. The minimum atomic E-state index is 0.610. The maximum absolute atomic E-state index is 5.33. The molecule has 1 aromatic carbocycles. The highest BCUT2D eigenvalue weighted by molar-refractivity contribution is 5.66. The fourth-order valence-corrected chi connectivity index (χ4v) is 4.01. The van der Waals surface area contributed by atoms with E-state index in [1.807, 2.05) is 58.9 Å². The molecule has 0 unspecified atom stereocenters. The normalized spacial score (nSPS) is 13.5. The number of ether oxygens (including phenoxy) is 1. The van der Waals surface area contributed by atoms with Crippen molar-refractivity contribution in [2.24, 2.45) is 0 Å². The number of H-pyrrole nitrogens is 1. The van der Waals surface area contributed by atoms with Crippen LogP contribution >= 0.6 is 0 Å². The summed E-state index contributed by atoms with van der Waals surface area (Å²) in [5.74, 6) is 2.86. The van der Waals surface area contributed by atoms with E-state index in [-0.39, 0.29) is 0 Å². The first-order chi connectivity index (χ1) is 16.1. The number of benzene rings is 1. The number of aromatic nitrogens is 7. The van der Waals surface area contributed by atoms with Gasteiger partial charge in [-0.1, -0.05) is 12.1 Å². The third-order valence-electron chi connectivity index (χ3n) is 5.84. The first-order valence-electron chi connectivity index (χ1n) is 11.0. The SMILES string of the molecule is COc1cccc(Cn2cc(-c3cc4nc(C)cn4c(Nc4cc(C5CC5)[nH]n4)n3)cn2)c1. The number of hydrogen-bond donors (Lipinski definition) is 2. The number of aryl methyl sites for hydroxylation is 1. The summed E-state index contributed by atoms with van der Waals surface area (Å²) in [6.45, 7) is 2.62. The lowest BCUT2D eigenvalue weighted by Gasteiger charge is -2.08. The summed E-state index contributed by atoms with van der Waals surface area (Å²) in [6.07, 6.45) is 8.24. The Balaban J connectivity index is 1.31. The largest absolute Gasteiger partial charge is 0.497 e. The molecule has 6 rings (SSSR count). The van der Waals surface area contributed by atoms with E-state index >= 15 is 0 Å². The van der Waals surface area contributed by atoms with E-state index in [1.54, 1.807) is 7.11 Å². The molecule has 0 radical (unpaired) electrons. The Labute approximate surface area is 190 Å². The van der Waals surface area contributed by atoms with Crippen molar-refractivity contribution in [2.75, 3.05) is 12.4 Å². The van der Waals surface area contributed by atoms with Crippen molar-refractivity contribution >= 4 is 17.4 Å². The summed E-state index contributed by atoms with van der Waals surface area (Å²) >= 11 is 0. The Kier molecular flexibility index (Phi) is 4.60. The quantitative estimate of drug-likeness (QED) is 0.392. The zero-order valence-corrected chi connectivity index (χ0v) is 18.5. The lowest BCUT2D eigenvalue weighted by molar-refractivity contribution is 0.414. The molecule has 0 amide bonds. The second-order valence-corrected chi connectivity index (χ2v) is 8.46. The van der Waals surface area contributed by atoms with Crippen LogP contribution in [0.5, 0.6) is 5.75 Å². The van der Waals surface area contributed by atoms with Crippen LogP contribution in [-0.2, 0) is 6.54 Å². The molecule has 1 aliphatic carbocycles. The van der Waals surface area contributed by atoms with Crippen LogP contribution in [0.15, 0.2) is 55.0 Å². The van der Waals surface area contributed by atoms with Crippen LogP contribution in [0.4, 0.5) is 11.8 Å². The molecule has 166 valence electrons. The Morgan fingerprint density at radius 2 is 2.06 bits per heavy atom. The summed E-state index contributed by atoms with van der Waals surface area (Å²) in [5.41, 5.74) is 5.74. The minimum Gasteiger partial charge on any atom is -0.497 e. The van der Waals surface area contributed by atoms with Crippen molar-refractivity contribution in [3.8, 4) is 17.0 Å². The molecule has 0 spiro atoms. The lowest BCUT2D eigenvalue weighted by atomic mass is 10.2. The molecule has 9 heteroatoms. The molecule has 4 heterocycles. The first-order valence-corrected chi connectivity index (χ1v) is 11.0. The van der Waals surface area contributed by atoms with E-state index in [0.29, 0.717) is 18.4 Å². The summed E-state index contributed by atoms with van der Waals surface area (Å²) in [7, 11) is 1.67. The predicted molar refractivity (Wildman–Crippen MR) is 125 cm³/mol. The fraction of sp³-hybridized carbons (Fsp3) is 0.250. The zero-order valence-electron chi connectivity index (χ0n) is 18.5. The second-order valence-electron chi connectivity index (χ2n) is 8.46. The van der Waals surface area contributed by atoms with Crippen LogP contribution in [-0.4, -0.2) is 41.5 Å². The van der Waals surface area contributed by atoms with Gasteiger partial charge < -0.3 is 10.1 Å². The maximum atomic E-state index is 5.33. The average molecular weight is 441 g/mol. The molecule has 4 aromatic heterocycles. The highest BCUT2D eigenvalue weighted by Gasteiger charge is 2.25. The fourth-order valence-electron chi connectivity index (χ4n) is 4.01. The van der Waals surface area contributed by atoms with Crippen LogP contribution < -0.4 is 10.1 Å². The summed E-state index contributed by atoms with van der Waals surface area (Å²) in [6, 6.07) is 12.0. The number of aromatic amines is 1. The minimum absolute atomic E-state index is 0.610. The van der Waals surface area contributed by atoms with Crippen molar-refractivity contribution in [3.63, 3.8) is 0 Å². The van der Waals surface area contributed by atoms with E-state index in [4.69, 9.17) is 9.72 Å². The number of anilines is 2. The number of fused-ring (bicyclic) bond motifs is 1. The van der Waals surface area contributed by atoms with Gasteiger partial charge in [0.15, 0.2) is 5.82 Å². The van der Waals surface area contributed by atoms with Crippen molar-refractivity contribution < 1.29 is 4.74 Å². The van der Waals surface area contributed by atoms with Crippen molar-refractivity contribution in [2.45, 2.75) is 32.2 Å². The number of nitrogens with one attached hydrogen (secondary N) is 2. The number of methoxy groups -OCH3 is 1. The number of rotatable bonds is 7. The molecule has 0 aliphatic heterocycles. The monoisotopic (exact) mass is 440 g/mol. The number of imidazole rings is 1. The molecular weight excluding hydrogens is 416 g/mol. The summed E-state index contributed by atoms with van der Waals surface area (Å²) < 4.78 is 9.17. The van der Waals surface area contributed by atoms with E-state index in [9.17, 15) is 0 Å². The van der Waals surface area contributed by atoms with Crippen LogP contribution in [0.25, 0.3) is 16.9 Å². The van der Waals surface area contributed by atoms with Crippen molar-refractivity contribution in [3.05, 3.63) is 71.9 Å². The van der Waals surface area contributed by atoms with Gasteiger partial charge in [-0.15, -0.1) is 0 Å². The Morgan fingerprint density at radius 1 is 1.15 bits per heavy atom. The van der Waals surface area contributed by atoms with Gasteiger partial charge in [0, 0.05) is 41.7 Å². The molecule has 1 saturated carbocycles. The predicted octanol–water partition coefficient (Wildman–Crippen LogP) is 4.30. The first kappa shape index (κ1) is 19.5. The molecule has 0 atom stereocenters. The van der Waals surface area contributed by atoms with Gasteiger partial charge in [-0.3, -0.25) is 14.2 Å². The smallest absolute Gasteiger partial charge is 0.215 e. The van der Waals surface area contributed by atoms with Gasteiger partial charge in [0.25, 0.3) is 0 Å². The second kappa shape index (κ2) is 7.77.